The summed E-state index contributed by atoms with van der Waals surface area (Å²) in [4.78, 5) is 0. The first-order chi connectivity index (χ1) is 9.09. The van der Waals surface area contributed by atoms with Crippen molar-refractivity contribution in [1.82, 2.24) is 0 Å². The molecule has 0 spiro atoms. The average Bonchev–Trinajstić information content (AvgIpc) is 2.39. The fraction of sp³-hybridized carbons (Fsp3) is 0.600. The Balaban J connectivity index is 2.30. The molecule has 19 heavy (non-hydrogen) atoms. The van der Waals surface area contributed by atoms with Gasteiger partial charge in [-0.2, -0.15) is 0 Å². The van der Waals surface area contributed by atoms with Crippen LogP contribution >= 0.6 is 11.6 Å². The molecule has 0 aromatic heterocycles. The average molecular weight is 286 g/mol. The summed E-state index contributed by atoms with van der Waals surface area (Å²) in [5, 5.41) is 0.391. The first-order valence-electron chi connectivity index (χ1n) is 6.93. The number of ether oxygens (including phenoxy) is 1. The molecule has 2 nitrogen and oxygen atoms in total. The van der Waals surface area contributed by atoms with Gasteiger partial charge in [0.15, 0.2) is 0 Å². The van der Waals surface area contributed by atoms with Crippen molar-refractivity contribution in [1.29, 1.82) is 0 Å². The molecule has 1 saturated carbocycles. The van der Waals surface area contributed by atoms with E-state index in [2.05, 4.69) is 0 Å². The number of nitrogens with two attached hydrogens (primary N) is 1. The second-order valence-electron chi connectivity index (χ2n) is 5.20. The van der Waals surface area contributed by atoms with E-state index >= 15 is 0 Å². The van der Waals surface area contributed by atoms with Crippen molar-refractivity contribution in [3.63, 3.8) is 0 Å². The van der Waals surface area contributed by atoms with Crippen LogP contribution in [0.25, 0.3) is 0 Å². The van der Waals surface area contributed by atoms with Crippen molar-refractivity contribution < 1.29 is 9.13 Å². The van der Waals surface area contributed by atoms with Gasteiger partial charge in [-0.15, -0.1) is 0 Å². The Morgan fingerprint density at radius 1 is 1.37 bits per heavy atom. The Hall–Kier alpha value is -0.640. The predicted octanol–water partition coefficient (Wildman–Crippen LogP) is 4.22. The van der Waals surface area contributed by atoms with Crippen molar-refractivity contribution in [3.8, 4) is 0 Å². The van der Waals surface area contributed by atoms with E-state index in [0.717, 1.165) is 25.7 Å². The van der Waals surface area contributed by atoms with Crippen LogP contribution in [0.1, 0.15) is 50.6 Å². The normalized spacial score (nSPS) is 20.2. The second-order valence-corrected chi connectivity index (χ2v) is 5.64. The molecule has 2 N–H and O–H groups in total. The number of benzene rings is 1. The first kappa shape index (κ1) is 14.8. The maximum Gasteiger partial charge on any atom is 0.129 e. The van der Waals surface area contributed by atoms with Gasteiger partial charge in [0.25, 0.3) is 0 Å². The molecule has 0 saturated heterocycles. The van der Waals surface area contributed by atoms with Crippen molar-refractivity contribution in [2.45, 2.75) is 50.7 Å². The molecule has 0 aliphatic heterocycles. The fourth-order valence-electron chi connectivity index (χ4n) is 3.02. The zero-order valence-corrected chi connectivity index (χ0v) is 12.0. The molecule has 1 aliphatic carbocycles. The molecule has 1 aromatic carbocycles. The summed E-state index contributed by atoms with van der Waals surface area (Å²) >= 11 is 5.79. The molecule has 0 radical (unpaired) electrons. The second kappa shape index (κ2) is 6.21. The van der Waals surface area contributed by atoms with Crippen molar-refractivity contribution >= 4 is 11.6 Å². The topological polar surface area (TPSA) is 35.2 Å². The van der Waals surface area contributed by atoms with E-state index in [0.29, 0.717) is 17.2 Å². The van der Waals surface area contributed by atoms with E-state index in [4.69, 9.17) is 22.1 Å². The minimum atomic E-state index is -0.440. The zero-order chi connectivity index (χ0) is 13.9. The lowest BCUT2D eigenvalue weighted by Gasteiger charge is -2.42. The van der Waals surface area contributed by atoms with Crippen LogP contribution < -0.4 is 5.73 Å². The van der Waals surface area contributed by atoms with Gasteiger partial charge in [-0.3, -0.25) is 0 Å². The van der Waals surface area contributed by atoms with E-state index in [1.165, 1.54) is 12.5 Å². The molecule has 1 atom stereocenters. The van der Waals surface area contributed by atoms with Crippen LogP contribution in [0, 0.1) is 5.82 Å². The number of hydrogen-bond donors (Lipinski definition) is 1. The van der Waals surface area contributed by atoms with E-state index in [-0.39, 0.29) is 5.82 Å². The van der Waals surface area contributed by atoms with Crippen LogP contribution in [0.4, 0.5) is 4.39 Å². The zero-order valence-electron chi connectivity index (χ0n) is 11.3. The van der Waals surface area contributed by atoms with Crippen LogP contribution in [0.3, 0.4) is 0 Å². The van der Waals surface area contributed by atoms with Gasteiger partial charge in [0.05, 0.1) is 11.6 Å². The molecular weight excluding hydrogens is 265 g/mol. The third-order valence-corrected chi connectivity index (χ3v) is 4.23. The Morgan fingerprint density at radius 2 is 2.05 bits per heavy atom. The van der Waals surface area contributed by atoms with Crippen LogP contribution in [-0.2, 0) is 4.74 Å². The lowest BCUT2D eigenvalue weighted by atomic mass is 9.77. The maximum atomic E-state index is 14.0. The lowest BCUT2D eigenvalue weighted by Crippen LogP contribution is -2.45. The third kappa shape index (κ3) is 3.10. The predicted molar refractivity (Wildman–Crippen MR) is 75.8 cm³/mol. The smallest absolute Gasteiger partial charge is 0.129 e. The Labute approximate surface area is 119 Å². The Kier molecular flexibility index (Phi) is 4.82. The molecule has 0 heterocycles. The highest BCUT2D eigenvalue weighted by Crippen LogP contribution is 2.41. The van der Waals surface area contributed by atoms with Crippen LogP contribution in [0.2, 0.25) is 5.02 Å². The molecule has 1 unspecified atom stereocenters. The lowest BCUT2D eigenvalue weighted by molar-refractivity contribution is -0.0836. The van der Waals surface area contributed by atoms with Crippen LogP contribution in [0.5, 0.6) is 0 Å². The molecule has 0 bridgehead atoms. The number of hydrogen-bond acceptors (Lipinski definition) is 2. The van der Waals surface area contributed by atoms with Gasteiger partial charge < -0.3 is 10.5 Å². The molecule has 4 heteroatoms. The molecule has 1 aliphatic rings. The van der Waals surface area contributed by atoms with Crippen LogP contribution in [-0.4, -0.2) is 12.2 Å². The molecule has 1 aromatic rings. The summed E-state index contributed by atoms with van der Waals surface area (Å²) in [6.07, 6.45) is 5.16. The maximum absolute atomic E-state index is 14.0. The quantitative estimate of drug-likeness (QED) is 0.899. The molecule has 106 valence electrons. The standard InChI is InChI=1S/C15H21ClFNO/c1-2-19-15(8-4-3-5-9-15)14(18)12-7-6-11(16)10-13(12)17/h6-7,10,14H,2-5,8-9,18H2,1H3. The summed E-state index contributed by atoms with van der Waals surface area (Å²) in [7, 11) is 0. The monoisotopic (exact) mass is 285 g/mol. The van der Waals surface area contributed by atoms with Crippen LogP contribution in [0.15, 0.2) is 18.2 Å². The highest BCUT2D eigenvalue weighted by atomic mass is 35.5. The van der Waals surface area contributed by atoms with Crippen molar-refractivity contribution in [3.05, 3.63) is 34.6 Å². The van der Waals surface area contributed by atoms with E-state index in [1.54, 1.807) is 12.1 Å². The highest BCUT2D eigenvalue weighted by molar-refractivity contribution is 6.30. The first-order valence-corrected chi connectivity index (χ1v) is 7.31. The summed E-state index contributed by atoms with van der Waals surface area (Å²) in [5.74, 6) is -0.343. The summed E-state index contributed by atoms with van der Waals surface area (Å²) < 4.78 is 20.0. The van der Waals surface area contributed by atoms with Gasteiger partial charge in [-0.05, 0) is 31.9 Å². The van der Waals surface area contributed by atoms with Crippen molar-refractivity contribution in [2.75, 3.05) is 6.61 Å². The Morgan fingerprint density at radius 3 is 2.63 bits per heavy atom. The van der Waals surface area contributed by atoms with Gasteiger partial charge in [-0.1, -0.05) is 36.9 Å². The van der Waals surface area contributed by atoms with E-state index < -0.39 is 11.6 Å². The van der Waals surface area contributed by atoms with Gasteiger partial charge in [-0.25, -0.2) is 4.39 Å². The van der Waals surface area contributed by atoms with E-state index in [9.17, 15) is 4.39 Å². The number of rotatable bonds is 4. The molecule has 2 rings (SSSR count). The van der Waals surface area contributed by atoms with Crippen molar-refractivity contribution in [2.24, 2.45) is 5.73 Å². The molecule has 0 amide bonds. The minimum Gasteiger partial charge on any atom is -0.373 e. The van der Waals surface area contributed by atoms with Gasteiger partial charge in [0.1, 0.15) is 5.82 Å². The Bertz CT molecular complexity index is 427. The van der Waals surface area contributed by atoms with Gasteiger partial charge in [0, 0.05) is 17.2 Å². The van der Waals surface area contributed by atoms with E-state index in [1.807, 2.05) is 6.92 Å². The summed E-state index contributed by atoms with van der Waals surface area (Å²) in [6.45, 7) is 2.56. The largest absolute Gasteiger partial charge is 0.373 e. The van der Waals surface area contributed by atoms with Gasteiger partial charge >= 0.3 is 0 Å². The summed E-state index contributed by atoms with van der Waals surface area (Å²) in [5.41, 5.74) is 6.40. The highest BCUT2D eigenvalue weighted by Gasteiger charge is 2.40. The summed E-state index contributed by atoms with van der Waals surface area (Å²) in [6, 6.07) is 4.24. The SMILES string of the molecule is CCOC1(C(N)c2ccc(Cl)cc2F)CCCCC1. The molecular formula is C15H21ClFNO. The minimum absolute atomic E-state index is 0.343. The van der Waals surface area contributed by atoms with Gasteiger partial charge in [0.2, 0.25) is 0 Å². The molecule has 1 fully saturated rings. The fourth-order valence-corrected chi connectivity index (χ4v) is 3.18. The number of halogens is 2. The third-order valence-electron chi connectivity index (χ3n) is 4.00.